The summed E-state index contributed by atoms with van der Waals surface area (Å²) in [4.78, 5) is 46.3. The Morgan fingerprint density at radius 3 is 2.67 bits per heavy atom. The van der Waals surface area contributed by atoms with Gasteiger partial charge in [-0.3, -0.25) is 14.7 Å². The molecule has 2 N–H and O–H groups in total. The molecule has 0 saturated carbocycles. The number of amides is 2. The van der Waals surface area contributed by atoms with Gasteiger partial charge >= 0.3 is 12.0 Å². The second kappa shape index (κ2) is 10.4. The number of alkyl halides is 1. The Morgan fingerprint density at radius 1 is 1.30 bits per heavy atom. The number of hydrogen-bond donors (Lipinski definition) is 1. The zero-order valence-electron chi connectivity index (χ0n) is 17.4. The van der Waals surface area contributed by atoms with Gasteiger partial charge in [0.05, 0.1) is 18.0 Å². The van der Waals surface area contributed by atoms with Crippen LogP contribution in [0.5, 0.6) is 0 Å². The first-order chi connectivity index (χ1) is 15.7. The number of benzene rings is 1. The van der Waals surface area contributed by atoms with E-state index in [-0.39, 0.29) is 17.9 Å². The first-order valence-electron chi connectivity index (χ1n) is 9.83. The maximum absolute atomic E-state index is 15.9. The number of primary amides is 1. The van der Waals surface area contributed by atoms with Gasteiger partial charge in [0.25, 0.3) is 0 Å². The number of carbonyl (C=O) groups is 3. The van der Waals surface area contributed by atoms with Gasteiger partial charge in [-0.05, 0) is 36.8 Å². The molecule has 11 heteroatoms. The van der Waals surface area contributed by atoms with E-state index in [1.54, 1.807) is 6.92 Å². The van der Waals surface area contributed by atoms with E-state index in [0.717, 1.165) is 12.3 Å². The predicted molar refractivity (Wildman–Crippen MR) is 119 cm³/mol. The summed E-state index contributed by atoms with van der Waals surface area (Å²) < 4.78 is 35.8. The lowest BCUT2D eigenvalue weighted by Gasteiger charge is -2.34. The van der Waals surface area contributed by atoms with E-state index in [0.29, 0.717) is 15.8 Å². The third-order valence-corrected chi connectivity index (χ3v) is 5.15. The van der Waals surface area contributed by atoms with Gasteiger partial charge in [-0.2, -0.15) is 0 Å². The molecule has 2 amide bonds. The highest BCUT2D eigenvalue weighted by atomic mass is 79.9. The Kier molecular flexibility index (Phi) is 7.64. The number of nitrogens with two attached hydrogens (primary N) is 1. The van der Waals surface area contributed by atoms with E-state index >= 15 is 4.39 Å². The Balaban J connectivity index is 2.17. The van der Waals surface area contributed by atoms with E-state index < -0.39 is 47.1 Å². The van der Waals surface area contributed by atoms with E-state index in [4.69, 9.17) is 10.5 Å². The van der Waals surface area contributed by atoms with Crippen LogP contribution in [0.25, 0.3) is 0 Å². The third-order valence-electron chi connectivity index (χ3n) is 4.66. The highest BCUT2D eigenvalue weighted by molar-refractivity contribution is 9.10. The Labute approximate surface area is 196 Å². The predicted octanol–water partition coefficient (Wildman–Crippen LogP) is 3.88. The van der Waals surface area contributed by atoms with E-state index in [9.17, 15) is 18.8 Å². The molecule has 33 heavy (non-hydrogen) atoms. The molecule has 0 bridgehead atoms. The van der Waals surface area contributed by atoms with Crippen LogP contribution in [-0.4, -0.2) is 52.2 Å². The molecular formula is C22H19BrF2N4O4. The highest BCUT2D eigenvalue weighted by Crippen LogP contribution is 2.30. The molecule has 2 aromatic rings. The molecule has 2 heterocycles. The van der Waals surface area contributed by atoms with Crippen molar-refractivity contribution in [3.8, 4) is 0 Å². The van der Waals surface area contributed by atoms with Crippen LogP contribution in [-0.2, 0) is 9.53 Å². The molecule has 0 radical (unpaired) electrons. The Bertz CT molecular complexity index is 1140. The molecule has 1 aliphatic heterocycles. The second-order valence-electron chi connectivity index (χ2n) is 6.97. The first-order valence-corrected chi connectivity index (χ1v) is 10.6. The Hall–Kier alpha value is -3.47. The standard InChI is InChI=1S/C22H19BrF2N4O4/c1-2-8-33-21(31)14-11-29(22(26)32)19(20(30)12-4-3-7-27-10-12)17(25)18(14)28-16-6-5-13(23)9-15(16)24/h3-7,9-11,17,19H,2,8H2,1H3,(H2,26,32). The molecule has 1 aromatic carbocycles. The lowest BCUT2D eigenvalue weighted by molar-refractivity contribution is -0.138. The van der Waals surface area contributed by atoms with E-state index in [1.807, 2.05) is 0 Å². The summed E-state index contributed by atoms with van der Waals surface area (Å²) >= 11 is 3.12. The number of carbonyl (C=O) groups excluding carboxylic acids is 3. The summed E-state index contributed by atoms with van der Waals surface area (Å²) in [5, 5.41) is 0. The fraction of sp³-hybridized carbons (Fsp3) is 0.227. The maximum Gasteiger partial charge on any atom is 0.341 e. The van der Waals surface area contributed by atoms with Gasteiger partial charge in [-0.15, -0.1) is 0 Å². The normalized spacial score (nSPS) is 19.2. The Morgan fingerprint density at radius 2 is 2.06 bits per heavy atom. The number of ketones is 1. The molecule has 0 fully saturated rings. The number of Topliss-reactive ketones (excluding diaryl/α,β-unsaturated/α-hetero) is 1. The number of halogens is 3. The second-order valence-corrected chi connectivity index (χ2v) is 7.89. The molecule has 8 nitrogen and oxygen atoms in total. The molecule has 2 atom stereocenters. The number of nitrogens with zero attached hydrogens (tertiary/aromatic N) is 3. The van der Waals surface area contributed by atoms with Gasteiger partial charge in [0.1, 0.15) is 17.4 Å². The van der Waals surface area contributed by atoms with Gasteiger partial charge in [0.15, 0.2) is 12.0 Å². The van der Waals surface area contributed by atoms with E-state index in [1.165, 1.54) is 36.7 Å². The lowest BCUT2D eigenvalue weighted by Crippen LogP contribution is -2.56. The van der Waals surface area contributed by atoms with Crippen LogP contribution < -0.4 is 5.73 Å². The van der Waals surface area contributed by atoms with Gasteiger partial charge < -0.3 is 10.5 Å². The number of rotatable bonds is 6. The van der Waals surface area contributed by atoms with Crippen LogP contribution in [0.1, 0.15) is 23.7 Å². The van der Waals surface area contributed by atoms with Crippen molar-refractivity contribution in [2.24, 2.45) is 10.7 Å². The van der Waals surface area contributed by atoms with Crippen LogP contribution in [0.15, 0.2) is 64.0 Å². The number of aromatic nitrogens is 1. The molecule has 2 unspecified atom stereocenters. The van der Waals surface area contributed by atoms with Crippen LogP contribution >= 0.6 is 15.9 Å². The molecule has 172 valence electrons. The van der Waals surface area contributed by atoms with Crippen molar-refractivity contribution in [2.75, 3.05) is 6.61 Å². The highest BCUT2D eigenvalue weighted by Gasteiger charge is 2.45. The zero-order chi connectivity index (χ0) is 24.1. The molecule has 3 rings (SSSR count). The van der Waals surface area contributed by atoms with Crippen molar-refractivity contribution >= 4 is 45.1 Å². The average Bonchev–Trinajstić information content (AvgIpc) is 2.79. The number of urea groups is 1. The van der Waals surface area contributed by atoms with Gasteiger partial charge in [-0.1, -0.05) is 22.9 Å². The maximum atomic E-state index is 15.9. The average molecular weight is 521 g/mol. The molecule has 1 aromatic heterocycles. The van der Waals surface area contributed by atoms with Gasteiger partial charge in [0.2, 0.25) is 0 Å². The fourth-order valence-electron chi connectivity index (χ4n) is 3.12. The van der Waals surface area contributed by atoms with Crippen molar-refractivity contribution in [3.63, 3.8) is 0 Å². The summed E-state index contributed by atoms with van der Waals surface area (Å²) in [5.41, 5.74) is 4.11. The van der Waals surface area contributed by atoms with Crippen LogP contribution in [0.3, 0.4) is 0 Å². The van der Waals surface area contributed by atoms with Crippen molar-refractivity contribution in [1.29, 1.82) is 0 Å². The molecule has 1 aliphatic rings. The lowest BCUT2D eigenvalue weighted by atomic mass is 9.90. The quantitative estimate of drug-likeness (QED) is 0.458. The van der Waals surface area contributed by atoms with Crippen LogP contribution in [0, 0.1) is 5.82 Å². The SMILES string of the molecule is CCCOC(=O)C1=CN(C(N)=O)C(C(=O)c2cccnc2)C(F)C1=Nc1ccc(Br)cc1F. The number of esters is 1. The van der Waals surface area contributed by atoms with Crippen LogP contribution in [0.2, 0.25) is 0 Å². The van der Waals surface area contributed by atoms with Crippen LogP contribution in [0.4, 0.5) is 19.3 Å². The number of ether oxygens (including phenoxy) is 1. The topological polar surface area (TPSA) is 115 Å². The molecule has 0 spiro atoms. The number of aliphatic imine (C=N–C) groups is 1. The largest absolute Gasteiger partial charge is 0.462 e. The zero-order valence-corrected chi connectivity index (χ0v) is 19.0. The summed E-state index contributed by atoms with van der Waals surface area (Å²) in [6, 6.07) is 3.76. The minimum absolute atomic E-state index is 0.0102. The minimum atomic E-state index is -2.32. The molecule has 0 saturated heterocycles. The number of hydrogen-bond acceptors (Lipinski definition) is 6. The summed E-state index contributed by atoms with van der Waals surface area (Å²) in [5.74, 6) is -2.61. The smallest absolute Gasteiger partial charge is 0.341 e. The summed E-state index contributed by atoms with van der Waals surface area (Å²) in [7, 11) is 0. The monoisotopic (exact) mass is 520 g/mol. The summed E-state index contributed by atoms with van der Waals surface area (Å²) in [6.45, 7) is 1.77. The van der Waals surface area contributed by atoms with E-state index in [2.05, 4.69) is 25.9 Å². The first kappa shape index (κ1) is 24.2. The molecule has 0 aliphatic carbocycles. The van der Waals surface area contributed by atoms with Gasteiger partial charge in [-0.25, -0.2) is 23.4 Å². The number of pyridine rings is 1. The fourth-order valence-corrected chi connectivity index (χ4v) is 3.45. The molecular weight excluding hydrogens is 502 g/mol. The minimum Gasteiger partial charge on any atom is -0.462 e. The van der Waals surface area contributed by atoms with Crippen molar-refractivity contribution in [1.82, 2.24) is 9.88 Å². The third kappa shape index (κ3) is 5.30. The summed E-state index contributed by atoms with van der Waals surface area (Å²) in [6.07, 6.45) is 1.69. The van der Waals surface area contributed by atoms with Crippen molar-refractivity contribution in [2.45, 2.75) is 25.6 Å². The van der Waals surface area contributed by atoms with Gasteiger partial charge in [0, 0.05) is 28.6 Å². The van der Waals surface area contributed by atoms with Crippen molar-refractivity contribution < 1.29 is 27.9 Å². The van der Waals surface area contributed by atoms with Crippen molar-refractivity contribution in [3.05, 3.63) is 70.4 Å².